The minimum Gasteiger partial charge on any atom is -0.478 e. The van der Waals surface area contributed by atoms with Gasteiger partial charge in [-0.1, -0.05) is 56.1 Å². The summed E-state index contributed by atoms with van der Waals surface area (Å²) in [5, 5.41) is 11.9. The number of hydrogen-bond donors (Lipinski definition) is 3. The molecule has 0 unspecified atom stereocenters. The standard InChI is InChI=1S/C22H24BrN3O3.C21H21BrN2O4.CH5N/c1-24-20(27)17-4-2-3-16(13-17)14-26-21(28)25(19-7-5-18(23)6-8-19)15-22(26)9-11-29-12-10-22;22-17-4-6-18(7-5-17)23-14-21(8-10-28-11-9-21)24(20(23)27)13-15-2-1-3-16(12-15)19(25)26;1-2/h2-8,13H,9-12,14-15H2,1H3,(H,24,27);1-7,12H,8-11,13-14H2,(H,25,26);2H2,1H3. The van der Waals surface area contributed by atoms with E-state index in [1.165, 1.54) is 7.05 Å². The van der Waals surface area contributed by atoms with Crippen molar-refractivity contribution in [3.8, 4) is 0 Å². The van der Waals surface area contributed by atoms with Gasteiger partial charge in [-0.2, -0.15) is 0 Å². The van der Waals surface area contributed by atoms with Crippen molar-refractivity contribution in [3.05, 3.63) is 128 Å². The molecule has 2 spiro atoms. The van der Waals surface area contributed by atoms with E-state index in [-0.39, 0.29) is 34.6 Å². The highest BCUT2D eigenvalue weighted by atomic mass is 79.9. The third-order valence-electron chi connectivity index (χ3n) is 11.4. The highest BCUT2D eigenvalue weighted by Crippen LogP contribution is 2.40. The fraction of sp³-hybridized carbons (Fsp3) is 0.364. The summed E-state index contributed by atoms with van der Waals surface area (Å²) in [6.45, 7) is 4.64. The number of hydrogen-bond acceptors (Lipinski definition) is 7. The number of nitrogens with one attached hydrogen (secondary N) is 1. The molecule has 0 bridgehead atoms. The second kappa shape index (κ2) is 19.5. The van der Waals surface area contributed by atoms with Crippen molar-refractivity contribution in [2.75, 3.05) is 63.4 Å². The number of aromatic carboxylic acids is 1. The Bertz CT molecular complexity index is 2110. The third kappa shape index (κ3) is 9.82. The molecule has 0 aliphatic carbocycles. The Morgan fingerprint density at radius 2 is 1.05 bits per heavy atom. The lowest BCUT2D eigenvalue weighted by Gasteiger charge is -2.40. The van der Waals surface area contributed by atoms with E-state index in [9.17, 15) is 24.3 Å². The van der Waals surface area contributed by atoms with Gasteiger partial charge in [-0.25, -0.2) is 14.4 Å². The number of rotatable bonds is 8. The number of nitrogens with zero attached hydrogens (tertiary/aromatic N) is 4. The summed E-state index contributed by atoms with van der Waals surface area (Å²) in [7, 11) is 3.12. The topological polar surface area (TPSA) is 158 Å². The fourth-order valence-electron chi connectivity index (χ4n) is 8.19. The number of carboxylic acids is 1. The maximum atomic E-state index is 13.5. The maximum Gasteiger partial charge on any atom is 0.335 e. The molecule has 4 N–H and O–H groups in total. The molecule has 15 heteroatoms. The molecule has 312 valence electrons. The van der Waals surface area contributed by atoms with Crippen molar-refractivity contribution in [2.45, 2.75) is 49.9 Å². The summed E-state index contributed by atoms with van der Waals surface area (Å²) >= 11 is 6.89. The van der Waals surface area contributed by atoms with Gasteiger partial charge in [0.05, 0.1) is 29.7 Å². The molecule has 4 aromatic rings. The summed E-state index contributed by atoms with van der Waals surface area (Å²) in [4.78, 5) is 57.7. The molecule has 0 atom stereocenters. The van der Waals surface area contributed by atoms with Crippen molar-refractivity contribution in [2.24, 2.45) is 5.73 Å². The SMILES string of the molecule is CN.CNC(=O)c1cccc(CN2C(=O)N(c3ccc(Br)cc3)CC23CCOCC3)c1.O=C(O)c1cccc(CN2C(=O)N(c3ccc(Br)cc3)CC23CCOCC3)c1. The number of carboxylic acid groups (broad SMARTS) is 1. The zero-order valence-corrected chi connectivity index (χ0v) is 36.4. The molecule has 0 radical (unpaired) electrons. The number of benzene rings is 4. The lowest BCUT2D eigenvalue weighted by atomic mass is 9.88. The van der Waals surface area contributed by atoms with Gasteiger partial charge in [0.15, 0.2) is 0 Å². The van der Waals surface area contributed by atoms with Gasteiger partial charge < -0.3 is 35.4 Å². The number of amides is 5. The average Bonchev–Trinajstić information content (AvgIpc) is 3.67. The van der Waals surface area contributed by atoms with Crippen LogP contribution in [0.2, 0.25) is 0 Å². The van der Waals surface area contributed by atoms with Crippen LogP contribution in [0.4, 0.5) is 21.0 Å². The minimum absolute atomic E-state index is 0.000399. The van der Waals surface area contributed by atoms with Crippen molar-refractivity contribution >= 4 is 67.2 Å². The number of halogens is 2. The van der Waals surface area contributed by atoms with Crippen LogP contribution in [-0.2, 0) is 22.6 Å². The quantitative estimate of drug-likeness (QED) is 0.164. The molecule has 4 fully saturated rings. The van der Waals surface area contributed by atoms with Gasteiger partial charge in [0, 0.05) is 72.4 Å². The third-order valence-corrected chi connectivity index (χ3v) is 12.4. The van der Waals surface area contributed by atoms with E-state index < -0.39 is 5.97 Å². The van der Waals surface area contributed by atoms with Gasteiger partial charge in [-0.3, -0.25) is 14.6 Å². The molecule has 4 aliphatic rings. The number of nitrogens with two attached hydrogens (primary N) is 1. The van der Waals surface area contributed by atoms with E-state index in [4.69, 9.17) is 9.47 Å². The van der Waals surface area contributed by atoms with E-state index in [1.807, 2.05) is 92.4 Å². The Labute approximate surface area is 361 Å². The minimum atomic E-state index is -0.966. The van der Waals surface area contributed by atoms with Crippen LogP contribution in [0.1, 0.15) is 57.5 Å². The monoisotopic (exact) mass is 932 g/mol. The van der Waals surface area contributed by atoms with E-state index in [2.05, 4.69) is 42.9 Å². The smallest absolute Gasteiger partial charge is 0.335 e. The molecule has 4 saturated heterocycles. The van der Waals surface area contributed by atoms with Crippen LogP contribution in [0, 0.1) is 0 Å². The Balaban J connectivity index is 0.000000191. The lowest BCUT2D eigenvalue weighted by Crippen LogP contribution is -2.50. The second-order valence-electron chi connectivity index (χ2n) is 14.8. The number of carbonyl (C=O) groups excluding carboxylic acids is 3. The van der Waals surface area contributed by atoms with Crippen LogP contribution >= 0.6 is 31.9 Å². The van der Waals surface area contributed by atoms with Crippen LogP contribution < -0.4 is 20.9 Å². The molecular formula is C44H50Br2N6O7. The van der Waals surface area contributed by atoms with E-state index in [1.54, 1.807) is 31.3 Å². The molecular weight excluding hydrogens is 884 g/mol. The van der Waals surface area contributed by atoms with Gasteiger partial charge in [0.25, 0.3) is 5.91 Å². The number of urea groups is 2. The van der Waals surface area contributed by atoms with Crippen LogP contribution in [0.5, 0.6) is 0 Å². The van der Waals surface area contributed by atoms with Gasteiger partial charge in [0.2, 0.25) is 0 Å². The molecule has 5 amide bonds. The van der Waals surface area contributed by atoms with Crippen molar-refractivity contribution < 1.29 is 33.8 Å². The summed E-state index contributed by atoms with van der Waals surface area (Å²) in [6.07, 6.45) is 3.15. The van der Waals surface area contributed by atoms with E-state index in [0.29, 0.717) is 58.2 Å². The molecule has 13 nitrogen and oxygen atoms in total. The molecule has 4 aromatic carbocycles. The lowest BCUT2D eigenvalue weighted by molar-refractivity contribution is 0.00582. The fourth-order valence-corrected chi connectivity index (χ4v) is 8.72. The predicted molar refractivity (Wildman–Crippen MR) is 234 cm³/mol. The molecule has 4 heterocycles. The zero-order valence-electron chi connectivity index (χ0n) is 33.2. The highest BCUT2D eigenvalue weighted by molar-refractivity contribution is 9.10. The van der Waals surface area contributed by atoms with Crippen LogP contribution in [0.15, 0.2) is 106 Å². The largest absolute Gasteiger partial charge is 0.478 e. The zero-order chi connectivity index (χ0) is 42.2. The number of carbonyl (C=O) groups is 4. The normalized spacial score (nSPS) is 18.0. The van der Waals surface area contributed by atoms with E-state index in [0.717, 1.165) is 57.1 Å². The Morgan fingerprint density at radius 3 is 1.44 bits per heavy atom. The first-order valence-electron chi connectivity index (χ1n) is 19.6. The van der Waals surface area contributed by atoms with Gasteiger partial charge in [-0.05, 0) is 117 Å². The first-order chi connectivity index (χ1) is 28.5. The molecule has 8 rings (SSSR count). The second-order valence-corrected chi connectivity index (χ2v) is 16.7. The first-order valence-corrected chi connectivity index (χ1v) is 21.2. The van der Waals surface area contributed by atoms with Crippen LogP contribution in [0.25, 0.3) is 0 Å². The Morgan fingerprint density at radius 1 is 0.661 bits per heavy atom. The Kier molecular flexibility index (Phi) is 14.5. The van der Waals surface area contributed by atoms with Crippen LogP contribution in [-0.4, -0.2) is 104 Å². The predicted octanol–water partition coefficient (Wildman–Crippen LogP) is 7.51. The van der Waals surface area contributed by atoms with Crippen molar-refractivity contribution in [1.82, 2.24) is 15.1 Å². The molecule has 0 aromatic heterocycles. The number of ether oxygens (including phenoxy) is 2. The summed E-state index contributed by atoms with van der Waals surface area (Å²) in [5.41, 5.74) is 8.29. The first kappa shape index (κ1) is 43.8. The molecule has 59 heavy (non-hydrogen) atoms. The Hall–Kier alpha value is -4.80. The maximum absolute atomic E-state index is 13.5. The summed E-state index contributed by atoms with van der Waals surface area (Å²) < 4.78 is 13.1. The van der Waals surface area contributed by atoms with Crippen LogP contribution in [0.3, 0.4) is 0 Å². The van der Waals surface area contributed by atoms with Crippen molar-refractivity contribution in [3.63, 3.8) is 0 Å². The summed E-state index contributed by atoms with van der Waals surface area (Å²) in [5.74, 6) is -1.09. The molecule has 4 aliphatic heterocycles. The van der Waals surface area contributed by atoms with E-state index >= 15 is 0 Å². The highest BCUT2D eigenvalue weighted by Gasteiger charge is 2.52. The van der Waals surface area contributed by atoms with Gasteiger partial charge in [-0.15, -0.1) is 0 Å². The summed E-state index contributed by atoms with van der Waals surface area (Å²) in [6, 6.07) is 29.8. The van der Waals surface area contributed by atoms with Gasteiger partial charge >= 0.3 is 18.0 Å². The molecule has 0 saturated carbocycles. The van der Waals surface area contributed by atoms with Gasteiger partial charge in [0.1, 0.15) is 0 Å². The number of anilines is 2. The van der Waals surface area contributed by atoms with Crippen molar-refractivity contribution in [1.29, 1.82) is 0 Å². The average molecular weight is 935 g/mol.